The van der Waals surface area contributed by atoms with Gasteiger partial charge < -0.3 is 4.98 Å². The van der Waals surface area contributed by atoms with Gasteiger partial charge in [0.25, 0.3) is 5.56 Å². The Kier molecular flexibility index (Phi) is 5.08. The Labute approximate surface area is 152 Å². The normalized spacial score (nSPS) is 11.1. The van der Waals surface area contributed by atoms with Crippen LogP contribution < -0.4 is 5.56 Å². The van der Waals surface area contributed by atoms with Crippen LogP contribution in [0, 0.1) is 13.8 Å². The zero-order valence-electron chi connectivity index (χ0n) is 13.2. The lowest BCUT2D eigenvalue weighted by Gasteiger charge is -2.02. The van der Waals surface area contributed by atoms with E-state index in [4.69, 9.17) is 11.6 Å². The number of H-pyrrole nitrogens is 1. The molecule has 4 nitrogen and oxygen atoms in total. The SMILES string of the molecule is Cc1sc2nc(CSCC(=O)c3ccc(Cl)cc3)[nH]c(=O)c2c1C. The topological polar surface area (TPSA) is 62.8 Å². The van der Waals surface area contributed by atoms with Crippen LogP contribution in [0.1, 0.15) is 26.6 Å². The molecule has 2 aromatic heterocycles. The van der Waals surface area contributed by atoms with Crippen molar-refractivity contribution in [2.75, 3.05) is 5.75 Å². The highest BCUT2D eigenvalue weighted by molar-refractivity contribution is 7.99. The summed E-state index contributed by atoms with van der Waals surface area (Å²) in [6.45, 7) is 3.92. The van der Waals surface area contributed by atoms with Crippen LogP contribution in [-0.2, 0) is 5.75 Å². The maximum atomic E-state index is 12.2. The fourth-order valence-corrected chi connectivity index (χ4v) is 4.29. The Hall–Kier alpha value is -1.63. The van der Waals surface area contributed by atoms with E-state index in [9.17, 15) is 9.59 Å². The highest BCUT2D eigenvalue weighted by Crippen LogP contribution is 2.26. The molecule has 0 aliphatic heterocycles. The summed E-state index contributed by atoms with van der Waals surface area (Å²) >= 11 is 8.77. The molecule has 0 fully saturated rings. The molecule has 0 saturated carbocycles. The van der Waals surface area contributed by atoms with Gasteiger partial charge in [-0.1, -0.05) is 11.6 Å². The number of fused-ring (bicyclic) bond motifs is 1. The van der Waals surface area contributed by atoms with E-state index in [1.807, 2.05) is 13.8 Å². The van der Waals surface area contributed by atoms with E-state index in [2.05, 4.69) is 9.97 Å². The van der Waals surface area contributed by atoms with E-state index in [-0.39, 0.29) is 11.3 Å². The number of nitrogens with zero attached hydrogens (tertiary/aromatic N) is 1. The molecule has 3 aromatic rings. The number of rotatable bonds is 5. The number of ketones is 1. The van der Waals surface area contributed by atoms with Gasteiger partial charge in [0.05, 0.1) is 16.9 Å². The molecule has 0 saturated heterocycles. The van der Waals surface area contributed by atoms with E-state index >= 15 is 0 Å². The van der Waals surface area contributed by atoms with Crippen LogP contribution in [0.3, 0.4) is 0 Å². The molecule has 1 N–H and O–H groups in total. The van der Waals surface area contributed by atoms with E-state index < -0.39 is 0 Å². The molecule has 124 valence electrons. The van der Waals surface area contributed by atoms with E-state index in [0.717, 1.165) is 15.3 Å². The van der Waals surface area contributed by atoms with Crippen LogP contribution >= 0.6 is 34.7 Å². The first-order chi connectivity index (χ1) is 11.5. The molecule has 0 aliphatic rings. The third-order valence-electron chi connectivity index (χ3n) is 3.73. The van der Waals surface area contributed by atoms with Crippen LogP contribution in [0.5, 0.6) is 0 Å². The van der Waals surface area contributed by atoms with Gasteiger partial charge in [-0.15, -0.1) is 23.1 Å². The molecular weight excluding hydrogens is 364 g/mol. The second kappa shape index (κ2) is 7.09. The van der Waals surface area contributed by atoms with Gasteiger partial charge in [0.1, 0.15) is 10.7 Å². The van der Waals surface area contributed by atoms with Crippen LogP contribution in [0.15, 0.2) is 29.1 Å². The number of aromatic nitrogens is 2. The van der Waals surface area contributed by atoms with Gasteiger partial charge in [-0.05, 0) is 43.7 Å². The monoisotopic (exact) mass is 378 g/mol. The molecule has 0 amide bonds. The van der Waals surface area contributed by atoms with Gasteiger partial charge in [0, 0.05) is 15.5 Å². The van der Waals surface area contributed by atoms with Crippen LogP contribution in [0.4, 0.5) is 0 Å². The van der Waals surface area contributed by atoms with Gasteiger partial charge in [0.2, 0.25) is 0 Å². The predicted molar refractivity (Wildman–Crippen MR) is 102 cm³/mol. The number of thiophene rings is 1. The molecule has 0 aliphatic carbocycles. The van der Waals surface area contributed by atoms with Gasteiger partial charge in [-0.2, -0.15) is 0 Å². The van der Waals surface area contributed by atoms with Crippen molar-refractivity contribution in [3.63, 3.8) is 0 Å². The molecule has 24 heavy (non-hydrogen) atoms. The van der Waals surface area contributed by atoms with Crippen LogP contribution in [0.25, 0.3) is 10.2 Å². The second-order valence-electron chi connectivity index (χ2n) is 5.40. The lowest BCUT2D eigenvalue weighted by atomic mass is 10.1. The van der Waals surface area contributed by atoms with Crippen molar-refractivity contribution < 1.29 is 4.79 Å². The highest BCUT2D eigenvalue weighted by atomic mass is 35.5. The Morgan fingerprint density at radius 1 is 1.29 bits per heavy atom. The summed E-state index contributed by atoms with van der Waals surface area (Å²) in [5.74, 6) is 1.44. The number of aryl methyl sites for hydroxylation is 2. The summed E-state index contributed by atoms with van der Waals surface area (Å²) in [7, 11) is 0. The Bertz CT molecular complexity index is 961. The number of hydrogen-bond acceptors (Lipinski definition) is 5. The third kappa shape index (κ3) is 3.55. The lowest BCUT2D eigenvalue weighted by Crippen LogP contribution is -2.11. The van der Waals surface area contributed by atoms with Crippen LogP contribution in [-0.4, -0.2) is 21.5 Å². The van der Waals surface area contributed by atoms with Gasteiger partial charge in [0.15, 0.2) is 5.78 Å². The largest absolute Gasteiger partial charge is 0.309 e. The molecule has 0 atom stereocenters. The number of carbonyl (C=O) groups excluding carboxylic acids is 1. The van der Waals surface area contributed by atoms with Crippen LogP contribution in [0.2, 0.25) is 5.02 Å². The van der Waals surface area contributed by atoms with Crippen molar-refractivity contribution in [2.24, 2.45) is 0 Å². The number of nitrogens with one attached hydrogen (secondary N) is 1. The first-order valence-electron chi connectivity index (χ1n) is 7.31. The molecule has 0 radical (unpaired) electrons. The number of benzene rings is 1. The van der Waals surface area contributed by atoms with E-state index in [0.29, 0.717) is 33.3 Å². The Morgan fingerprint density at radius 2 is 2.00 bits per heavy atom. The number of thioether (sulfide) groups is 1. The number of halogens is 1. The molecule has 7 heteroatoms. The van der Waals surface area contributed by atoms with E-state index in [1.54, 1.807) is 24.3 Å². The minimum atomic E-state index is -0.110. The minimum Gasteiger partial charge on any atom is -0.309 e. The molecule has 3 rings (SSSR count). The zero-order valence-corrected chi connectivity index (χ0v) is 15.6. The standard InChI is InChI=1S/C17H15ClN2O2S2/c1-9-10(2)24-17-15(9)16(22)19-14(20-17)8-23-7-13(21)11-3-5-12(18)6-4-11/h3-6H,7-8H2,1-2H3,(H,19,20,22). The minimum absolute atomic E-state index is 0.0305. The molecule has 0 spiro atoms. The molecule has 2 heterocycles. The Balaban J connectivity index is 1.69. The average molecular weight is 379 g/mol. The number of carbonyl (C=O) groups is 1. The summed E-state index contributed by atoms with van der Waals surface area (Å²) in [6, 6.07) is 6.84. The van der Waals surface area contributed by atoms with Crippen molar-refractivity contribution in [1.82, 2.24) is 9.97 Å². The first kappa shape index (κ1) is 17.2. The molecule has 0 bridgehead atoms. The van der Waals surface area contributed by atoms with E-state index in [1.165, 1.54) is 23.1 Å². The smallest absolute Gasteiger partial charge is 0.259 e. The maximum Gasteiger partial charge on any atom is 0.259 e. The molecule has 0 unspecified atom stereocenters. The Morgan fingerprint density at radius 3 is 2.71 bits per heavy atom. The fraction of sp³-hybridized carbons (Fsp3) is 0.235. The van der Waals surface area contributed by atoms with Gasteiger partial charge in [-0.25, -0.2) is 4.98 Å². The van der Waals surface area contributed by atoms with Crippen molar-refractivity contribution in [3.8, 4) is 0 Å². The molecular formula is C17H15ClN2O2S2. The van der Waals surface area contributed by atoms with Crippen molar-refractivity contribution in [3.05, 3.63) is 61.5 Å². The summed E-state index contributed by atoms with van der Waals surface area (Å²) in [6.07, 6.45) is 0. The zero-order chi connectivity index (χ0) is 17.3. The predicted octanol–water partition coefficient (Wildman–Crippen LogP) is 4.37. The number of hydrogen-bond donors (Lipinski definition) is 1. The maximum absolute atomic E-state index is 12.2. The lowest BCUT2D eigenvalue weighted by molar-refractivity contribution is 0.102. The third-order valence-corrected chi connectivity index (χ3v) is 6.02. The quantitative estimate of drug-likeness (QED) is 0.669. The van der Waals surface area contributed by atoms with Gasteiger partial charge in [-0.3, -0.25) is 9.59 Å². The summed E-state index contributed by atoms with van der Waals surface area (Å²) < 4.78 is 0. The summed E-state index contributed by atoms with van der Waals surface area (Å²) in [5.41, 5.74) is 1.51. The van der Waals surface area contributed by atoms with Crippen molar-refractivity contribution in [2.45, 2.75) is 19.6 Å². The fourth-order valence-electron chi connectivity index (χ4n) is 2.33. The summed E-state index contributed by atoms with van der Waals surface area (Å²) in [5, 5.41) is 1.28. The van der Waals surface area contributed by atoms with Gasteiger partial charge >= 0.3 is 0 Å². The second-order valence-corrected chi connectivity index (χ2v) is 8.02. The number of aromatic amines is 1. The summed E-state index contributed by atoms with van der Waals surface area (Å²) in [4.78, 5) is 33.5. The number of Topliss-reactive ketones (excluding diaryl/α,β-unsaturated/α-hetero) is 1. The highest BCUT2D eigenvalue weighted by Gasteiger charge is 2.12. The van der Waals surface area contributed by atoms with Crippen molar-refractivity contribution >= 4 is 50.7 Å². The average Bonchev–Trinajstić information content (AvgIpc) is 2.83. The molecule has 1 aromatic carbocycles. The first-order valence-corrected chi connectivity index (χ1v) is 9.66. The van der Waals surface area contributed by atoms with Crippen molar-refractivity contribution in [1.29, 1.82) is 0 Å².